The van der Waals surface area contributed by atoms with Gasteiger partial charge in [0.2, 0.25) is 0 Å². The van der Waals surface area contributed by atoms with Crippen molar-refractivity contribution in [3.63, 3.8) is 0 Å². The Kier molecular flexibility index (Phi) is 7.93. The maximum absolute atomic E-state index is 6.24. The van der Waals surface area contributed by atoms with E-state index in [2.05, 4.69) is 60.2 Å². The third kappa shape index (κ3) is 5.83. The highest BCUT2D eigenvalue weighted by Crippen LogP contribution is 2.35. The highest BCUT2D eigenvalue weighted by molar-refractivity contribution is 6.00. The first-order valence-electron chi connectivity index (χ1n) is 12.9. The zero-order valence-corrected chi connectivity index (χ0v) is 22.3. The van der Waals surface area contributed by atoms with Crippen molar-refractivity contribution in [1.82, 2.24) is 0 Å². The molecule has 0 aliphatic carbocycles. The second kappa shape index (κ2) is 11.9. The molecule has 4 aromatic carbocycles. The highest BCUT2D eigenvalue weighted by Gasteiger charge is 2.26. The van der Waals surface area contributed by atoms with Crippen molar-refractivity contribution in [3.05, 3.63) is 119 Å². The fraction of sp³-hybridized carbons (Fsp3) is 0.242. The molecule has 0 aromatic heterocycles. The molecule has 194 valence electrons. The van der Waals surface area contributed by atoms with Gasteiger partial charge < -0.3 is 18.9 Å². The summed E-state index contributed by atoms with van der Waals surface area (Å²) < 4.78 is 26.0. The molecule has 0 fully saturated rings. The van der Waals surface area contributed by atoms with Crippen LogP contribution < -0.4 is 18.9 Å². The van der Waals surface area contributed by atoms with E-state index in [9.17, 15) is 0 Å². The Morgan fingerprint density at radius 1 is 0.632 bits per heavy atom. The standard InChI is InChI=1S/C33H34NO4/c1-34-17-16-27-20-32(36-3)33(38-23-25-12-8-5-9-13-25)21-28(27)29(34)18-26-14-15-30(31(19-26)35-2)37-22-24-10-6-4-7-11-24/h4-15,19-21H,16-18,22-23H2,1-3H3/q+1. The normalized spacial score (nSPS) is 12.6. The summed E-state index contributed by atoms with van der Waals surface area (Å²) in [6.45, 7) is 1.94. The van der Waals surface area contributed by atoms with E-state index in [-0.39, 0.29) is 0 Å². The van der Waals surface area contributed by atoms with Gasteiger partial charge in [0.25, 0.3) is 0 Å². The Labute approximate surface area is 224 Å². The number of benzene rings is 4. The van der Waals surface area contributed by atoms with E-state index < -0.39 is 0 Å². The van der Waals surface area contributed by atoms with Crippen LogP contribution in [0.25, 0.3) is 0 Å². The summed E-state index contributed by atoms with van der Waals surface area (Å²) in [6, 6.07) is 30.8. The molecule has 1 aliphatic rings. The lowest BCUT2D eigenvalue weighted by molar-refractivity contribution is -0.498. The molecule has 5 nitrogen and oxygen atoms in total. The van der Waals surface area contributed by atoms with E-state index in [1.54, 1.807) is 14.2 Å². The fourth-order valence-corrected chi connectivity index (χ4v) is 4.81. The summed E-state index contributed by atoms with van der Waals surface area (Å²) in [4.78, 5) is 0. The average Bonchev–Trinajstić information content (AvgIpc) is 2.97. The van der Waals surface area contributed by atoms with Crippen molar-refractivity contribution < 1.29 is 23.5 Å². The minimum atomic E-state index is 0.489. The van der Waals surface area contributed by atoms with Gasteiger partial charge in [-0.1, -0.05) is 66.7 Å². The van der Waals surface area contributed by atoms with E-state index in [4.69, 9.17) is 18.9 Å². The van der Waals surface area contributed by atoms with Crippen molar-refractivity contribution in [2.75, 3.05) is 27.8 Å². The van der Waals surface area contributed by atoms with Gasteiger partial charge >= 0.3 is 0 Å². The molecule has 1 aliphatic heterocycles. The molecule has 5 heteroatoms. The molecule has 0 spiro atoms. The SMILES string of the molecule is COc1cc(CC2=[N+](C)CCc3cc(OC)c(OCc4ccccc4)cc32)ccc1OCc1ccccc1. The Morgan fingerprint density at radius 2 is 1.24 bits per heavy atom. The number of nitrogens with zero attached hydrogens (tertiary/aromatic N) is 1. The fourth-order valence-electron chi connectivity index (χ4n) is 4.81. The van der Waals surface area contributed by atoms with Gasteiger partial charge in [-0.2, -0.15) is 0 Å². The zero-order chi connectivity index (χ0) is 26.3. The lowest BCUT2D eigenvalue weighted by atomic mass is 9.92. The summed E-state index contributed by atoms with van der Waals surface area (Å²) in [5.41, 5.74) is 7.12. The Balaban J connectivity index is 1.38. The number of rotatable bonds is 10. The van der Waals surface area contributed by atoms with Gasteiger partial charge in [-0.05, 0) is 46.5 Å². The lowest BCUT2D eigenvalue weighted by Gasteiger charge is -2.20. The minimum absolute atomic E-state index is 0.489. The average molecular weight is 509 g/mol. The molecule has 38 heavy (non-hydrogen) atoms. The molecule has 0 saturated carbocycles. The molecule has 0 bridgehead atoms. The molecular weight excluding hydrogens is 474 g/mol. The van der Waals surface area contributed by atoms with Gasteiger partial charge in [-0.15, -0.1) is 0 Å². The number of ether oxygens (including phenoxy) is 4. The van der Waals surface area contributed by atoms with Gasteiger partial charge in [0.05, 0.1) is 20.6 Å². The molecular formula is C33H34NO4+. The number of hydrogen-bond donors (Lipinski definition) is 0. The number of fused-ring (bicyclic) bond motifs is 1. The molecule has 4 aromatic rings. The van der Waals surface area contributed by atoms with Crippen molar-refractivity contribution >= 4 is 5.71 Å². The first kappa shape index (κ1) is 25.4. The van der Waals surface area contributed by atoms with Crippen LogP contribution in [0, 0.1) is 0 Å². The predicted molar refractivity (Wildman–Crippen MR) is 150 cm³/mol. The van der Waals surface area contributed by atoms with Gasteiger partial charge in [-0.3, -0.25) is 0 Å². The van der Waals surface area contributed by atoms with Crippen LogP contribution in [0.5, 0.6) is 23.0 Å². The van der Waals surface area contributed by atoms with Crippen molar-refractivity contribution in [2.45, 2.75) is 26.1 Å². The van der Waals surface area contributed by atoms with Crippen molar-refractivity contribution in [1.29, 1.82) is 0 Å². The van der Waals surface area contributed by atoms with Crippen LogP contribution in [0.15, 0.2) is 91.0 Å². The molecule has 0 radical (unpaired) electrons. The smallest absolute Gasteiger partial charge is 0.187 e. The first-order valence-corrected chi connectivity index (χ1v) is 12.9. The van der Waals surface area contributed by atoms with Crippen LogP contribution in [0.2, 0.25) is 0 Å². The number of hydrogen-bond acceptors (Lipinski definition) is 4. The van der Waals surface area contributed by atoms with Crippen LogP contribution in [0.3, 0.4) is 0 Å². The Morgan fingerprint density at radius 3 is 1.87 bits per heavy atom. The maximum atomic E-state index is 6.24. The summed E-state index contributed by atoms with van der Waals surface area (Å²) in [5.74, 6) is 3.00. The van der Waals surface area contributed by atoms with E-state index in [1.165, 1.54) is 16.8 Å². The highest BCUT2D eigenvalue weighted by atomic mass is 16.5. The third-order valence-corrected chi connectivity index (χ3v) is 6.95. The van der Waals surface area contributed by atoms with Crippen LogP contribution in [-0.2, 0) is 26.1 Å². The second-order valence-electron chi connectivity index (χ2n) is 9.49. The van der Waals surface area contributed by atoms with E-state index >= 15 is 0 Å². The lowest BCUT2D eigenvalue weighted by Crippen LogP contribution is -2.29. The molecule has 0 unspecified atom stereocenters. The summed E-state index contributed by atoms with van der Waals surface area (Å²) in [5, 5.41) is 0. The van der Waals surface area contributed by atoms with Crippen LogP contribution in [-0.4, -0.2) is 38.1 Å². The van der Waals surface area contributed by atoms with Gasteiger partial charge in [0.15, 0.2) is 28.7 Å². The molecule has 1 heterocycles. The number of methoxy groups -OCH3 is 2. The summed E-state index contributed by atoms with van der Waals surface area (Å²) >= 11 is 0. The third-order valence-electron chi connectivity index (χ3n) is 6.95. The van der Waals surface area contributed by atoms with Crippen molar-refractivity contribution in [3.8, 4) is 23.0 Å². The molecule has 0 saturated heterocycles. The molecule has 0 atom stereocenters. The minimum Gasteiger partial charge on any atom is -0.493 e. The van der Waals surface area contributed by atoms with Gasteiger partial charge in [-0.25, -0.2) is 4.58 Å². The second-order valence-corrected chi connectivity index (χ2v) is 9.49. The van der Waals surface area contributed by atoms with E-state index in [1.807, 2.05) is 42.5 Å². The zero-order valence-electron chi connectivity index (χ0n) is 22.3. The van der Waals surface area contributed by atoms with Gasteiger partial charge in [0.1, 0.15) is 26.8 Å². The quantitative estimate of drug-likeness (QED) is 0.243. The van der Waals surface area contributed by atoms with Crippen LogP contribution >= 0.6 is 0 Å². The first-order chi connectivity index (χ1) is 18.6. The maximum Gasteiger partial charge on any atom is 0.187 e. The largest absolute Gasteiger partial charge is 0.493 e. The molecule has 0 N–H and O–H groups in total. The summed E-state index contributed by atoms with van der Waals surface area (Å²) in [7, 11) is 5.54. The predicted octanol–water partition coefficient (Wildman–Crippen LogP) is 6.09. The van der Waals surface area contributed by atoms with E-state index in [0.717, 1.165) is 59.1 Å². The van der Waals surface area contributed by atoms with Crippen molar-refractivity contribution in [2.24, 2.45) is 0 Å². The van der Waals surface area contributed by atoms with E-state index in [0.29, 0.717) is 13.2 Å². The number of likely N-dealkylation sites (N-methyl/N-ethyl adjacent to an activating group) is 1. The monoisotopic (exact) mass is 508 g/mol. The van der Waals surface area contributed by atoms with Crippen LogP contribution in [0.4, 0.5) is 0 Å². The van der Waals surface area contributed by atoms with Gasteiger partial charge in [0, 0.05) is 12.0 Å². The molecule has 5 rings (SSSR count). The van der Waals surface area contributed by atoms with Crippen LogP contribution in [0.1, 0.15) is 27.8 Å². The molecule has 0 amide bonds. The Bertz CT molecular complexity index is 1410. The summed E-state index contributed by atoms with van der Waals surface area (Å²) in [6.07, 6.45) is 1.73. The Hall–Kier alpha value is -4.25. The topological polar surface area (TPSA) is 39.9 Å².